The monoisotopic (exact) mass is 360 g/mol. The Kier molecular flexibility index (Phi) is 5.54. The Morgan fingerprint density at radius 1 is 1.12 bits per heavy atom. The van der Waals surface area contributed by atoms with E-state index in [1.807, 2.05) is 13.8 Å². The summed E-state index contributed by atoms with van der Waals surface area (Å²) in [6.45, 7) is 6.14. The SMILES string of the molecule is Cc1cc(C)c(NC(=O)C2(NC3CCSC3=O)CCCCC2)c(C)c1. The highest BCUT2D eigenvalue weighted by Crippen LogP contribution is 2.33. The first-order valence-corrected chi connectivity index (χ1v) is 10.2. The molecule has 1 saturated carbocycles. The van der Waals surface area contributed by atoms with Crippen molar-refractivity contribution >= 4 is 28.5 Å². The number of hydrogen-bond acceptors (Lipinski definition) is 4. The van der Waals surface area contributed by atoms with E-state index in [-0.39, 0.29) is 17.1 Å². The smallest absolute Gasteiger partial charge is 0.244 e. The van der Waals surface area contributed by atoms with Crippen LogP contribution in [-0.4, -0.2) is 28.4 Å². The minimum Gasteiger partial charge on any atom is -0.324 e. The van der Waals surface area contributed by atoms with Gasteiger partial charge in [-0.2, -0.15) is 0 Å². The number of hydrogen-bond donors (Lipinski definition) is 2. The van der Waals surface area contributed by atoms with Gasteiger partial charge in [-0.3, -0.25) is 14.9 Å². The normalized spacial score (nSPS) is 22.8. The molecule has 1 aromatic carbocycles. The third-order valence-corrected chi connectivity index (χ3v) is 6.45. The standard InChI is InChI=1S/C20H28N2O2S/c1-13-11-14(2)17(15(3)12-13)21-19(24)20(8-5-4-6-9-20)22-16-7-10-25-18(16)23/h11-12,16,22H,4-10H2,1-3H3,(H,21,24). The van der Waals surface area contributed by atoms with Crippen LogP contribution in [0.5, 0.6) is 0 Å². The molecule has 1 aromatic rings. The maximum Gasteiger partial charge on any atom is 0.244 e. The first kappa shape index (κ1) is 18.5. The second kappa shape index (κ2) is 7.50. The zero-order valence-corrected chi connectivity index (χ0v) is 16.2. The highest BCUT2D eigenvalue weighted by Gasteiger charge is 2.43. The van der Waals surface area contributed by atoms with Crippen molar-refractivity contribution in [3.63, 3.8) is 0 Å². The molecule has 5 heteroatoms. The van der Waals surface area contributed by atoms with Crippen LogP contribution in [0.2, 0.25) is 0 Å². The number of thioether (sulfide) groups is 1. The Bertz CT molecular complexity index is 657. The number of benzene rings is 1. The van der Waals surface area contributed by atoms with Gasteiger partial charge in [0.1, 0.15) is 0 Å². The fourth-order valence-corrected chi connectivity index (χ4v) is 5.10. The number of carbonyl (C=O) groups excluding carboxylic acids is 2. The van der Waals surface area contributed by atoms with E-state index >= 15 is 0 Å². The summed E-state index contributed by atoms with van der Waals surface area (Å²) in [5, 5.41) is 6.84. The van der Waals surface area contributed by atoms with E-state index in [0.29, 0.717) is 0 Å². The molecule has 0 aromatic heterocycles. The highest BCUT2D eigenvalue weighted by molar-refractivity contribution is 8.14. The first-order valence-electron chi connectivity index (χ1n) is 9.25. The Labute approximate surface area is 154 Å². The number of carbonyl (C=O) groups is 2. The first-order chi connectivity index (χ1) is 11.9. The lowest BCUT2D eigenvalue weighted by Crippen LogP contribution is -2.59. The zero-order valence-electron chi connectivity index (χ0n) is 15.4. The van der Waals surface area contributed by atoms with Crippen molar-refractivity contribution in [2.45, 2.75) is 70.9 Å². The lowest BCUT2D eigenvalue weighted by atomic mass is 9.80. The van der Waals surface area contributed by atoms with Crippen LogP contribution in [0.25, 0.3) is 0 Å². The molecule has 136 valence electrons. The van der Waals surface area contributed by atoms with Crippen LogP contribution in [0.3, 0.4) is 0 Å². The van der Waals surface area contributed by atoms with Crippen LogP contribution in [0.15, 0.2) is 12.1 Å². The summed E-state index contributed by atoms with van der Waals surface area (Å²) in [5.74, 6) is 0.872. The number of anilines is 1. The van der Waals surface area contributed by atoms with Crippen LogP contribution in [0, 0.1) is 20.8 Å². The average Bonchev–Trinajstić information content (AvgIpc) is 2.96. The van der Waals surface area contributed by atoms with Crippen molar-refractivity contribution in [3.05, 3.63) is 28.8 Å². The molecule has 0 spiro atoms. The minimum atomic E-state index is -0.618. The van der Waals surface area contributed by atoms with E-state index in [4.69, 9.17) is 0 Å². The average molecular weight is 361 g/mol. The molecule has 2 N–H and O–H groups in total. The molecule has 2 fully saturated rings. The largest absolute Gasteiger partial charge is 0.324 e. The second-order valence-electron chi connectivity index (χ2n) is 7.52. The number of aryl methyl sites for hydroxylation is 3. The van der Waals surface area contributed by atoms with E-state index in [1.165, 1.54) is 17.3 Å². The van der Waals surface area contributed by atoms with Gasteiger partial charge in [-0.05, 0) is 51.2 Å². The fourth-order valence-electron chi connectivity index (χ4n) is 4.16. The summed E-state index contributed by atoms with van der Waals surface area (Å²) in [6, 6.07) is 4.01. The van der Waals surface area contributed by atoms with Gasteiger partial charge in [0.2, 0.25) is 11.0 Å². The molecular weight excluding hydrogens is 332 g/mol. The minimum absolute atomic E-state index is 0.0203. The van der Waals surface area contributed by atoms with Gasteiger partial charge in [0.25, 0.3) is 0 Å². The molecule has 25 heavy (non-hydrogen) atoms. The topological polar surface area (TPSA) is 58.2 Å². The van der Waals surface area contributed by atoms with Gasteiger partial charge in [0.15, 0.2) is 0 Å². The van der Waals surface area contributed by atoms with E-state index in [2.05, 4.69) is 29.7 Å². The molecule has 1 saturated heterocycles. The van der Waals surface area contributed by atoms with Crippen LogP contribution < -0.4 is 10.6 Å². The van der Waals surface area contributed by atoms with Gasteiger partial charge >= 0.3 is 0 Å². The van der Waals surface area contributed by atoms with E-state index in [0.717, 1.165) is 61.1 Å². The number of amides is 1. The van der Waals surface area contributed by atoms with Crippen LogP contribution in [0.4, 0.5) is 5.69 Å². The summed E-state index contributed by atoms with van der Waals surface area (Å²) in [5.41, 5.74) is 3.67. The lowest BCUT2D eigenvalue weighted by Gasteiger charge is -2.38. The molecule has 1 amide bonds. The summed E-state index contributed by atoms with van der Waals surface area (Å²) in [6.07, 6.45) is 5.64. The summed E-state index contributed by atoms with van der Waals surface area (Å²) in [7, 11) is 0. The lowest BCUT2D eigenvalue weighted by molar-refractivity contribution is -0.124. The van der Waals surface area contributed by atoms with Crippen molar-refractivity contribution in [2.24, 2.45) is 0 Å². The van der Waals surface area contributed by atoms with Crippen molar-refractivity contribution in [2.75, 3.05) is 11.1 Å². The summed E-state index contributed by atoms with van der Waals surface area (Å²) < 4.78 is 0. The van der Waals surface area contributed by atoms with Gasteiger partial charge in [0.05, 0.1) is 11.6 Å². The number of nitrogens with one attached hydrogen (secondary N) is 2. The van der Waals surface area contributed by atoms with Gasteiger partial charge in [-0.25, -0.2) is 0 Å². The molecule has 1 unspecified atom stereocenters. The van der Waals surface area contributed by atoms with E-state index < -0.39 is 5.54 Å². The molecule has 2 aliphatic rings. The van der Waals surface area contributed by atoms with Gasteiger partial charge < -0.3 is 5.32 Å². The molecule has 0 bridgehead atoms. The van der Waals surface area contributed by atoms with Crippen molar-refractivity contribution < 1.29 is 9.59 Å². The van der Waals surface area contributed by atoms with E-state index in [1.54, 1.807) is 0 Å². The van der Waals surface area contributed by atoms with Crippen LogP contribution >= 0.6 is 11.8 Å². The molecular formula is C20H28N2O2S. The Balaban J connectivity index is 1.83. The summed E-state index contributed by atoms with van der Waals surface area (Å²) in [4.78, 5) is 25.4. The molecule has 0 radical (unpaired) electrons. The third-order valence-electron chi connectivity index (χ3n) is 5.44. The maximum absolute atomic E-state index is 13.3. The predicted molar refractivity (Wildman–Crippen MR) is 104 cm³/mol. The quantitative estimate of drug-likeness (QED) is 0.856. The van der Waals surface area contributed by atoms with Crippen molar-refractivity contribution in [3.8, 4) is 0 Å². The second-order valence-corrected chi connectivity index (χ2v) is 8.62. The van der Waals surface area contributed by atoms with Crippen LogP contribution in [0.1, 0.15) is 55.2 Å². The Morgan fingerprint density at radius 2 is 1.76 bits per heavy atom. The van der Waals surface area contributed by atoms with Gasteiger partial charge in [-0.15, -0.1) is 0 Å². The highest BCUT2D eigenvalue weighted by atomic mass is 32.2. The van der Waals surface area contributed by atoms with Gasteiger partial charge in [-0.1, -0.05) is 48.7 Å². The predicted octanol–water partition coefficient (Wildman–Crippen LogP) is 3.87. The molecule has 1 aliphatic heterocycles. The molecule has 1 atom stereocenters. The number of rotatable bonds is 4. The van der Waals surface area contributed by atoms with Crippen molar-refractivity contribution in [1.29, 1.82) is 0 Å². The molecule has 4 nitrogen and oxygen atoms in total. The summed E-state index contributed by atoms with van der Waals surface area (Å²) >= 11 is 1.38. The van der Waals surface area contributed by atoms with Gasteiger partial charge in [0, 0.05) is 11.4 Å². The Morgan fingerprint density at radius 3 is 2.32 bits per heavy atom. The van der Waals surface area contributed by atoms with Crippen LogP contribution in [-0.2, 0) is 9.59 Å². The molecule has 1 aliphatic carbocycles. The maximum atomic E-state index is 13.3. The molecule has 3 rings (SSSR count). The fraction of sp³-hybridized carbons (Fsp3) is 0.600. The third kappa shape index (κ3) is 3.93. The zero-order chi connectivity index (χ0) is 18.0. The Hall–Kier alpha value is -1.33. The van der Waals surface area contributed by atoms with E-state index in [9.17, 15) is 9.59 Å². The molecule has 1 heterocycles. The van der Waals surface area contributed by atoms with Crippen molar-refractivity contribution in [1.82, 2.24) is 5.32 Å².